The Hall–Kier alpha value is -3.44. The van der Waals surface area contributed by atoms with E-state index in [1.807, 2.05) is 13.0 Å². The van der Waals surface area contributed by atoms with Crippen molar-refractivity contribution in [2.45, 2.75) is 26.8 Å². The molecule has 0 aliphatic rings. The SMILES string of the molecule is COCCCn1c(=N)c(C(=O)Nc2nnc(C)s2)cc2c(=O)n3cccc(C)c3nc21. The summed E-state index contributed by atoms with van der Waals surface area (Å²) in [5.41, 5.74) is 1.44. The Morgan fingerprint density at radius 2 is 2.10 bits per heavy atom. The van der Waals surface area contributed by atoms with E-state index in [0.717, 1.165) is 5.56 Å². The van der Waals surface area contributed by atoms with Gasteiger partial charge < -0.3 is 9.30 Å². The van der Waals surface area contributed by atoms with Crippen LogP contribution in [-0.2, 0) is 11.3 Å². The van der Waals surface area contributed by atoms with Crippen molar-refractivity contribution in [1.82, 2.24) is 24.1 Å². The number of aryl methyl sites for hydroxylation is 3. The predicted octanol–water partition coefficient (Wildman–Crippen LogP) is 1.89. The zero-order chi connectivity index (χ0) is 22.1. The Labute approximate surface area is 180 Å². The molecule has 0 saturated heterocycles. The van der Waals surface area contributed by atoms with Crippen LogP contribution in [0.2, 0.25) is 0 Å². The second-order valence-corrected chi connectivity index (χ2v) is 8.21. The van der Waals surface area contributed by atoms with Crippen LogP contribution in [-0.4, -0.2) is 43.8 Å². The van der Waals surface area contributed by atoms with E-state index in [2.05, 4.69) is 20.5 Å². The van der Waals surface area contributed by atoms with Gasteiger partial charge in [0.15, 0.2) is 0 Å². The van der Waals surface area contributed by atoms with E-state index in [-0.39, 0.29) is 22.0 Å². The van der Waals surface area contributed by atoms with Gasteiger partial charge in [-0.25, -0.2) is 4.98 Å². The van der Waals surface area contributed by atoms with Crippen LogP contribution in [0.1, 0.15) is 27.3 Å². The molecular weight excluding hydrogens is 418 g/mol. The molecule has 0 radical (unpaired) electrons. The van der Waals surface area contributed by atoms with Gasteiger partial charge in [0.25, 0.3) is 11.5 Å². The van der Waals surface area contributed by atoms with Crippen LogP contribution in [0.15, 0.2) is 29.2 Å². The lowest BCUT2D eigenvalue weighted by Gasteiger charge is -2.15. The highest BCUT2D eigenvalue weighted by molar-refractivity contribution is 7.15. The summed E-state index contributed by atoms with van der Waals surface area (Å²) < 4.78 is 8.17. The summed E-state index contributed by atoms with van der Waals surface area (Å²) in [6.07, 6.45) is 2.24. The van der Waals surface area contributed by atoms with Gasteiger partial charge in [-0.1, -0.05) is 17.4 Å². The van der Waals surface area contributed by atoms with Crippen molar-refractivity contribution >= 4 is 39.1 Å². The predicted molar refractivity (Wildman–Crippen MR) is 117 cm³/mol. The van der Waals surface area contributed by atoms with E-state index < -0.39 is 5.91 Å². The lowest BCUT2D eigenvalue weighted by Crippen LogP contribution is -2.32. The number of amides is 1. The van der Waals surface area contributed by atoms with Crippen LogP contribution in [0.4, 0.5) is 5.13 Å². The van der Waals surface area contributed by atoms with Crippen molar-refractivity contribution in [3.63, 3.8) is 0 Å². The first-order chi connectivity index (χ1) is 14.9. The van der Waals surface area contributed by atoms with Crippen molar-refractivity contribution in [2.75, 3.05) is 19.0 Å². The van der Waals surface area contributed by atoms with Gasteiger partial charge >= 0.3 is 0 Å². The molecule has 10 nitrogen and oxygen atoms in total. The smallest absolute Gasteiger partial charge is 0.267 e. The number of nitrogens with one attached hydrogen (secondary N) is 2. The summed E-state index contributed by atoms with van der Waals surface area (Å²) in [5.74, 6) is -0.530. The van der Waals surface area contributed by atoms with Gasteiger partial charge in [0, 0.05) is 26.5 Å². The minimum absolute atomic E-state index is 0.0350. The molecule has 31 heavy (non-hydrogen) atoms. The molecule has 0 aliphatic carbocycles. The molecule has 11 heteroatoms. The van der Waals surface area contributed by atoms with Gasteiger partial charge in [-0.15, -0.1) is 10.2 Å². The van der Waals surface area contributed by atoms with E-state index in [0.29, 0.717) is 41.0 Å². The Morgan fingerprint density at radius 1 is 1.29 bits per heavy atom. The van der Waals surface area contributed by atoms with Gasteiger partial charge in [-0.3, -0.25) is 24.7 Å². The Bertz CT molecular complexity index is 1420. The molecule has 0 bridgehead atoms. The number of nitrogens with zero attached hydrogens (tertiary/aromatic N) is 5. The molecular formula is C20H21N7O3S. The number of anilines is 1. The van der Waals surface area contributed by atoms with Crippen molar-refractivity contribution in [2.24, 2.45) is 0 Å². The van der Waals surface area contributed by atoms with Crippen LogP contribution in [0.3, 0.4) is 0 Å². The maximum absolute atomic E-state index is 13.2. The average Bonchev–Trinajstić information content (AvgIpc) is 3.15. The highest BCUT2D eigenvalue weighted by Gasteiger charge is 2.19. The molecule has 4 rings (SSSR count). The van der Waals surface area contributed by atoms with Gasteiger partial charge in [0.2, 0.25) is 5.13 Å². The Balaban J connectivity index is 1.94. The molecule has 0 aromatic carbocycles. The molecule has 160 valence electrons. The zero-order valence-corrected chi connectivity index (χ0v) is 18.1. The molecule has 4 aromatic heterocycles. The van der Waals surface area contributed by atoms with E-state index >= 15 is 0 Å². The van der Waals surface area contributed by atoms with E-state index in [4.69, 9.17) is 10.1 Å². The number of rotatable bonds is 6. The fourth-order valence-electron chi connectivity index (χ4n) is 3.37. The van der Waals surface area contributed by atoms with Gasteiger partial charge in [0.1, 0.15) is 21.8 Å². The van der Waals surface area contributed by atoms with Gasteiger partial charge in [0.05, 0.1) is 10.9 Å². The average molecular weight is 440 g/mol. The Morgan fingerprint density at radius 3 is 2.81 bits per heavy atom. The first-order valence-corrected chi connectivity index (χ1v) is 10.4. The lowest BCUT2D eigenvalue weighted by molar-refractivity contribution is 0.102. The number of pyridine rings is 2. The highest BCUT2D eigenvalue weighted by Crippen LogP contribution is 2.16. The molecule has 0 unspecified atom stereocenters. The Kier molecular flexibility index (Phi) is 5.61. The molecule has 4 heterocycles. The maximum atomic E-state index is 13.2. The third-order valence-electron chi connectivity index (χ3n) is 4.85. The largest absolute Gasteiger partial charge is 0.385 e. The molecule has 2 N–H and O–H groups in total. The molecule has 1 amide bonds. The summed E-state index contributed by atoms with van der Waals surface area (Å²) in [6, 6.07) is 5.07. The van der Waals surface area contributed by atoms with Crippen LogP contribution in [0.5, 0.6) is 0 Å². The third kappa shape index (κ3) is 3.84. The van der Waals surface area contributed by atoms with Crippen molar-refractivity contribution < 1.29 is 9.53 Å². The standard InChI is InChI=1S/C20H21N7O3S/c1-11-6-4-7-27-16(11)22-17-14(19(27)29)10-13(15(21)26(17)8-5-9-30-3)18(28)23-20-25-24-12(2)31-20/h4,6-7,10,21H,5,8-9H2,1-3H3,(H,23,25,28). The van der Waals surface area contributed by atoms with E-state index in [1.165, 1.54) is 21.8 Å². The minimum Gasteiger partial charge on any atom is -0.385 e. The maximum Gasteiger partial charge on any atom is 0.267 e. The van der Waals surface area contributed by atoms with Crippen LogP contribution in [0, 0.1) is 19.3 Å². The second-order valence-electron chi connectivity index (χ2n) is 7.02. The normalized spacial score (nSPS) is 11.3. The zero-order valence-electron chi connectivity index (χ0n) is 17.3. The number of carbonyl (C=O) groups is 1. The number of fused-ring (bicyclic) bond motifs is 2. The first kappa shape index (κ1) is 20.8. The monoisotopic (exact) mass is 439 g/mol. The number of methoxy groups -OCH3 is 1. The first-order valence-electron chi connectivity index (χ1n) is 9.61. The fourth-order valence-corrected chi connectivity index (χ4v) is 3.95. The molecule has 0 atom stereocenters. The summed E-state index contributed by atoms with van der Waals surface area (Å²) in [5, 5.41) is 20.4. The van der Waals surface area contributed by atoms with Crippen molar-refractivity contribution in [3.8, 4) is 0 Å². The van der Waals surface area contributed by atoms with Crippen molar-refractivity contribution in [3.05, 3.63) is 56.4 Å². The molecule has 0 fully saturated rings. The van der Waals surface area contributed by atoms with Crippen LogP contribution < -0.4 is 16.4 Å². The lowest BCUT2D eigenvalue weighted by atomic mass is 10.2. The minimum atomic E-state index is -0.530. The molecule has 4 aromatic rings. The van der Waals surface area contributed by atoms with Crippen LogP contribution >= 0.6 is 11.3 Å². The topological polar surface area (TPSA) is 127 Å². The number of hydrogen-bond donors (Lipinski definition) is 2. The van der Waals surface area contributed by atoms with Crippen LogP contribution in [0.25, 0.3) is 16.7 Å². The molecule has 0 spiro atoms. The van der Waals surface area contributed by atoms with Crippen molar-refractivity contribution in [1.29, 1.82) is 5.41 Å². The molecule has 0 aliphatic heterocycles. The molecule has 0 saturated carbocycles. The highest BCUT2D eigenvalue weighted by atomic mass is 32.1. The van der Waals surface area contributed by atoms with Gasteiger partial charge in [-0.05, 0) is 38.0 Å². The fraction of sp³-hybridized carbons (Fsp3) is 0.300. The summed E-state index contributed by atoms with van der Waals surface area (Å²) in [6.45, 7) is 4.50. The summed E-state index contributed by atoms with van der Waals surface area (Å²) in [7, 11) is 1.60. The number of aromatic nitrogens is 5. The number of hydrogen-bond acceptors (Lipinski definition) is 8. The van der Waals surface area contributed by atoms with E-state index in [9.17, 15) is 9.59 Å². The van der Waals surface area contributed by atoms with E-state index in [1.54, 1.807) is 30.9 Å². The number of carbonyl (C=O) groups excluding carboxylic acids is 1. The summed E-state index contributed by atoms with van der Waals surface area (Å²) >= 11 is 1.23. The second kappa shape index (κ2) is 8.36. The van der Waals surface area contributed by atoms with Gasteiger partial charge in [-0.2, -0.15) is 0 Å². The number of ether oxygens (including phenoxy) is 1. The third-order valence-corrected chi connectivity index (χ3v) is 5.61. The quantitative estimate of drug-likeness (QED) is 0.349. The summed E-state index contributed by atoms with van der Waals surface area (Å²) in [4.78, 5) is 30.9.